The molecule has 31 heavy (non-hydrogen) atoms. The Kier molecular flexibility index (Phi) is 6.34. The van der Waals surface area contributed by atoms with Gasteiger partial charge < -0.3 is 19.4 Å². The standard InChI is InChI=1S/C23H29N5O3/c1-17-14-25-19(15-24-17)23(30)28-9-5-6-18(16-28)22(29)27-12-10-26(11-13-27)20-7-3-4-8-21(20)31-2/h3-4,7-8,14-15,18H,5-6,9-13,16H2,1-2H3. The van der Waals surface area contributed by atoms with Crippen LogP contribution in [0.1, 0.15) is 29.0 Å². The molecule has 8 nitrogen and oxygen atoms in total. The lowest BCUT2D eigenvalue weighted by Crippen LogP contribution is -2.53. The highest BCUT2D eigenvalue weighted by molar-refractivity contribution is 5.92. The number of benzene rings is 1. The number of aromatic nitrogens is 2. The molecule has 1 aromatic heterocycles. The maximum Gasteiger partial charge on any atom is 0.274 e. The number of methoxy groups -OCH3 is 1. The van der Waals surface area contributed by atoms with E-state index in [4.69, 9.17) is 4.74 Å². The molecule has 2 aliphatic heterocycles. The fraction of sp³-hybridized carbons (Fsp3) is 0.478. The lowest BCUT2D eigenvalue weighted by molar-refractivity contribution is -0.137. The Bertz CT molecular complexity index is 925. The third-order valence-corrected chi connectivity index (χ3v) is 6.08. The molecule has 2 fully saturated rings. The number of nitrogens with zero attached hydrogens (tertiary/aromatic N) is 5. The number of para-hydroxylation sites is 2. The van der Waals surface area contributed by atoms with Gasteiger partial charge in [0.25, 0.3) is 5.91 Å². The highest BCUT2D eigenvalue weighted by atomic mass is 16.5. The second kappa shape index (κ2) is 9.32. The molecule has 2 saturated heterocycles. The normalized spacial score (nSPS) is 19.3. The highest BCUT2D eigenvalue weighted by Gasteiger charge is 2.33. The average Bonchev–Trinajstić information content (AvgIpc) is 2.84. The number of carbonyl (C=O) groups is 2. The number of ether oxygens (including phenoxy) is 1. The molecule has 164 valence electrons. The highest BCUT2D eigenvalue weighted by Crippen LogP contribution is 2.29. The van der Waals surface area contributed by atoms with Crippen LogP contribution in [0, 0.1) is 12.8 Å². The number of rotatable bonds is 4. The molecule has 1 unspecified atom stereocenters. The number of hydrogen-bond acceptors (Lipinski definition) is 6. The number of likely N-dealkylation sites (tertiary alicyclic amines) is 1. The van der Waals surface area contributed by atoms with E-state index >= 15 is 0 Å². The monoisotopic (exact) mass is 423 g/mol. The van der Waals surface area contributed by atoms with E-state index in [9.17, 15) is 9.59 Å². The van der Waals surface area contributed by atoms with E-state index in [0.717, 1.165) is 43.1 Å². The van der Waals surface area contributed by atoms with E-state index in [1.165, 1.54) is 6.20 Å². The fourth-order valence-corrected chi connectivity index (χ4v) is 4.35. The van der Waals surface area contributed by atoms with Crippen molar-refractivity contribution in [1.82, 2.24) is 19.8 Å². The minimum absolute atomic E-state index is 0.146. The smallest absolute Gasteiger partial charge is 0.274 e. The molecule has 0 radical (unpaired) electrons. The van der Waals surface area contributed by atoms with E-state index in [1.807, 2.05) is 30.0 Å². The zero-order chi connectivity index (χ0) is 21.8. The Morgan fingerprint density at radius 3 is 2.48 bits per heavy atom. The van der Waals surface area contributed by atoms with Gasteiger partial charge >= 0.3 is 0 Å². The molecule has 0 spiro atoms. The molecule has 0 aliphatic carbocycles. The van der Waals surface area contributed by atoms with Crippen molar-refractivity contribution in [3.63, 3.8) is 0 Å². The first-order chi connectivity index (χ1) is 15.1. The van der Waals surface area contributed by atoms with Crippen molar-refractivity contribution in [2.75, 3.05) is 51.3 Å². The van der Waals surface area contributed by atoms with Crippen LogP contribution < -0.4 is 9.64 Å². The molecule has 4 rings (SSSR count). The summed E-state index contributed by atoms with van der Waals surface area (Å²) in [5, 5.41) is 0. The van der Waals surface area contributed by atoms with Crippen molar-refractivity contribution in [1.29, 1.82) is 0 Å². The summed E-state index contributed by atoms with van der Waals surface area (Å²) in [6.45, 7) is 5.81. The van der Waals surface area contributed by atoms with Crippen LogP contribution >= 0.6 is 0 Å². The van der Waals surface area contributed by atoms with Crippen molar-refractivity contribution in [3.05, 3.63) is 48.0 Å². The van der Waals surface area contributed by atoms with Crippen molar-refractivity contribution in [2.24, 2.45) is 5.92 Å². The van der Waals surface area contributed by atoms with E-state index in [-0.39, 0.29) is 17.7 Å². The zero-order valence-electron chi connectivity index (χ0n) is 18.2. The van der Waals surface area contributed by atoms with Crippen molar-refractivity contribution >= 4 is 17.5 Å². The summed E-state index contributed by atoms with van der Waals surface area (Å²) in [6, 6.07) is 7.97. The number of amides is 2. The molecule has 0 bridgehead atoms. The summed E-state index contributed by atoms with van der Waals surface area (Å²) in [6.07, 6.45) is 4.75. The third kappa shape index (κ3) is 4.62. The van der Waals surface area contributed by atoms with Gasteiger partial charge in [-0.3, -0.25) is 14.6 Å². The Hall–Kier alpha value is -3.16. The second-order valence-corrected chi connectivity index (χ2v) is 8.12. The number of piperidine rings is 1. The van der Waals surface area contributed by atoms with Gasteiger partial charge in [0, 0.05) is 45.5 Å². The van der Waals surface area contributed by atoms with Gasteiger partial charge in [-0.2, -0.15) is 0 Å². The van der Waals surface area contributed by atoms with Crippen molar-refractivity contribution in [2.45, 2.75) is 19.8 Å². The summed E-state index contributed by atoms with van der Waals surface area (Å²) in [5.41, 5.74) is 2.17. The molecule has 1 aromatic carbocycles. The first-order valence-corrected chi connectivity index (χ1v) is 10.8. The number of piperazine rings is 1. The number of hydrogen-bond donors (Lipinski definition) is 0. The molecule has 2 amide bonds. The van der Waals surface area contributed by atoms with Crippen LogP contribution in [0.3, 0.4) is 0 Å². The van der Waals surface area contributed by atoms with E-state index < -0.39 is 0 Å². The van der Waals surface area contributed by atoms with Gasteiger partial charge in [0.05, 0.1) is 30.6 Å². The largest absolute Gasteiger partial charge is 0.495 e. The number of carbonyl (C=O) groups excluding carboxylic acids is 2. The SMILES string of the molecule is COc1ccccc1N1CCN(C(=O)C2CCCN(C(=O)c3cnc(C)cn3)C2)CC1. The first kappa shape index (κ1) is 21.1. The number of aryl methyl sites for hydroxylation is 1. The molecule has 8 heteroatoms. The lowest BCUT2D eigenvalue weighted by Gasteiger charge is -2.40. The van der Waals surface area contributed by atoms with Gasteiger partial charge in [-0.1, -0.05) is 12.1 Å². The maximum absolute atomic E-state index is 13.2. The van der Waals surface area contributed by atoms with E-state index in [0.29, 0.717) is 31.9 Å². The lowest BCUT2D eigenvalue weighted by atomic mass is 9.96. The minimum Gasteiger partial charge on any atom is -0.495 e. The quantitative estimate of drug-likeness (QED) is 0.749. The van der Waals surface area contributed by atoms with Gasteiger partial charge in [0.15, 0.2) is 0 Å². The Balaban J connectivity index is 1.35. The van der Waals surface area contributed by atoms with Crippen molar-refractivity contribution in [3.8, 4) is 5.75 Å². The Labute approximate surface area is 182 Å². The minimum atomic E-state index is -0.158. The average molecular weight is 424 g/mol. The Morgan fingerprint density at radius 1 is 1.00 bits per heavy atom. The topological polar surface area (TPSA) is 78.9 Å². The van der Waals surface area contributed by atoms with Gasteiger partial charge in [0.2, 0.25) is 5.91 Å². The van der Waals surface area contributed by atoms with Crippen LogP contribution in [-0.4, -0.2) is 78.0 Å². The van der Waals surface area contributed by atoms with Gasteiger partial charge in [-0.25, -0.2) is 4.98 Å². The molecular formula is C23H29N5O3. The molecule has 2 aromatic rings. The van der Waals surface area contributed by atoms with Crippen LogP contribution in [-0.2, 0) is 4.79 Å². The zero-order valence-corrected chi connectivity index (χ0v) is 18.2. The summed E-state index contributed by atoms with van der Waals surface area (Å²) in [5.74, 6) is 0.690. The molecular weight excluding hydrogens is 394 g/mol. The van der Waals surface area contributed by atoms with Crippen LogP contribution in [0.15, 0.2) is 36.7 Å². The van der Waals surface area contributed by atoms with Gasteiger partial charge in [-0.15, -0.1) is 0 Å². The summed E-state index contributed by atoms with van der Waals surface area (Å²) in [7, 11) is 1.68. The summed E-state index contributed by atoms with van der Waals surface area (Å²) in [4.78, 5) is 40.3. The summed E-state index contributed by atoms with van der Waals surface area (Å²) >= 11 is 0. The summed E-state index contributed by atoms with van der Waals surface area (Å²) < 4.78 is 5.48. The third-order valence-electron chi connectivity index (χ3n) is 6.08. The second-order valence-electron chi connectivity index (χ2n) is 8.12. The van der Waals surface area contributed by atoms with E-state index in [2.05, 4.69) is 20.9 Å². The fourth-order valence-electron chi connectivity index (χ4n) is 4.35. The van der Waals surface area contributed by atoms with Crippen molar-refractivity contribution < 1.29 is 14.3 Å². The molecule has 3 heterocycles. The molecule has 0 N–H and O–H groups in total. The predicted molar refractivity (Wildman–Crippen MR) is 117 cm³/mol. The molecule has 0 saturated carbocycles. The van der Waals surface area contributed by atoms with Crippen LogP contribution in [0.25, 0.3) is 0 Å². The van der Waals surface area contributed by atoms with Crippen LogP contribution in [0.4, 0.5) is 5.69 Å². The number of anilines is 1. The van der Waals surface area contributed by atoms with Crippen LogP contribution in [0.2, 0.25) is 0 Å². The maximum atomic E-state index is 13.2. The first-order valence-electron chi connectivity index (χ1n) is 10.8. The van der Waals surface area contributed by atoms with Gasteiger partial charge in [-0.05, 0) is 31.9 Å². The molecule has 1 atom stereocenters. The molecule has 2 aliphatic rings. The van der Waals surface area contributed by atoms with Gasteiger partial charge in [0.1, 0.15) is 11.4 Å². The van der Waals surface area contributed by atoms with Crippen LogP contribution in [0.5, 0.6) is 5.75 Å². The Morgan fingerprint density at radius 2 is 1.77 bits per heavy atom. The predicted octanol–water partition coefficient (Wildman–Crippen LogP) is 1.99. The van der Waals surface area contributed by atoms with E-state index in [1.54, 1.807) is 18.2 Å².